The number of carbonyl (C=O) groups is 1. The first-order chi connectivity index (χ1) is 7.36. The summed E-state index contributed by atoms with van der Waals surface area (Å²) in [6, 6.07) is 0.710. The molecule has 0 spiro atoms. The molecule has 15 heavy (non-hydrogen) atoms. The third-order valence-corrected chi connectivity index (χ3v) is 3.58. The van der Waals surface area contributed by atoms with Crippen LogP contribution in [0.25, 0.3) is 0 Å². The van der Waals surface area contributed by atoms with Crippen LogP contribution in [0.2, 0.25) is 0 Å². The zero-order valence-electron chi connectivity index (χ0n) is 8.44. The predicted molar refractivity (Wildman–Crippen MR) is 56.7 cm³/mol. The summed E-state index contributed by atoms with van der Waals surface area (Å²) in [5.74, 6) is 0.600. The van der Waals surface area contributed by atoms with Crippen LogP contribution in [-0.2, 0) is 4.79 Å². The van der Waals surface area contributed by atoms with Crippen molar-refractivity contribution in [1.29, 1.82) is 0 Å². The SMILES string of the molecule is O=C1NNC2C1CNC1CC=CC=CC12. The molecule has 2 aliphatic heterocycles. The largest absolute Gasteiger partial charge is 0.312 e. The van der Waals surface area contributed by atoms with Gasteiger partial charge in [-0.05, 0) is 6.42 Å². The first kappa shape index (κ1) is 9.12. The van der Waals surface area contributed by atoms with Crippen molar-refractivity contribution in [3.05, 3.63) is 24.3 Å². The highest BCUT2D eigenvalue weighted by atomic mass is 16.2. The second-order valence-corrected chi connectivity index (χ2v) is 4.41. The van der Waals surface area contributed by atoms with E-state index in [4.69, 9.17) is 0 Å². The van der Waals surface area contributed by atoms with Crippen molar-refractivity contribution >= 4 is 5.91 Å². The van der Waals surface area contributed by atoms with Gasteiger partial charge in [0, 0.05) is 24.5 Å². The third kappa shape index (κ3) is 1.41. The summed E-state index contributed by atoms with van der Waals surface area (Å²) in [6.45, 7) is 0.784. The topological polar surface area (TPSA) is 53.2 Å². The van der Waals surface area contributed by atoms with Gasteiger partial charge in [0.25, 0.3) is 0 Å². The lowest BCUT2D eigenvalue weighted by molar-refractivity contribution is -0.123. The summed E-state index contributed by atoms with van der Waals surface area (Å²) in [7, 11) is 0. The average Bonchev–Trinajstić information content (AvgIpc) is 2.51. The second-order valence-electron chi connectivity index (χ2n) is 4.41. The van der Waals surface area contributed by atoms with Gasteiger partial charge in [-0.1, -0.05) is 24.3 Å². The van der Waals surface area contributed by atoms with E-state index in [2.05, 4.69) is 40.5 Å². The number of allylic oxidation sites excluding steroid dienone is 2. The number of hydrazine groups is 1. The molecule has 4 heteroatoms. The Hall–Kier alpha value is -1.13. The van der Waals surface area contributed by atoms with Crippen LogP contribution in [0.3, 0.4) is 0 Å². The Morgan fingerprint density at radius 1 is 1.33 bits per heavy atom. The molecular weight excluding hydrogens is 190 g/mol. The quantitative estimate of drug-likeness (QED) is 0.509. The van der Waals surface area contributed by atoms with E-state index in [9.17, 15) is 4.79 Å². The smallest absolute Gasteiger partial charge is 0.240 e. The fourth-order valence-electron chi connectivity index (χ4n) is 2.75. The van der Waals surface area contributed by atoms with Crippen LogP contribution in [0.5, 0.6) is 0 Å². The summed E-state index contributed by atoms with van der Waals surface area (Å²) >= 11 is 0. The molecule has 3 aliphatic rings. The van der Waals surface area contributed by atoms with Crippen molar-refractivity contribution in [1.82, 2.24) is 16.2 Å². The normalized spacial score (nSPS) is 43.1. The molecule has 1 amide bonds. The number of nitrogens with one attached hydrogen (secondary N) is 3. The molecule has 3 N–H and O–H groups in total. The maximum absolute atomic E-state index is 11.5. The number of hydrogen-bond acceptors (Lipinski definition) is 3. The number of amides is 1. The van der Waals surface area contributed by atoms with Gasteiger partial charge in [0.2, 0.25) is 5.91 Å². The monoisotopic (exact) mass is 205 g/mol. The van der Waals surface area contributed by atoms with E-state index in [0.717, 1.165) is 13.0 Å². The first-order valence-electron chi connectivity index (χ1n) is 5.48. The summed E-state index contributed by atoms with van der Waals surface area (Å²) in [6.07, 6.45) is 9.58. The van der Waals surface area contributed by atoms with E-state index in [1.807, 2.05) is 0 Å². The molecule has 4 unspecified atom stereocenters. The van der Waals surface area contributed by atoms with Gasteiger partial charge in [-0.15, -0.1) is 0 Å². The Morgan fingerprint density at radius 3 is 3.20 bits per heavy atom. The van der Waals surface area contributed by atoms with Crippen molar-refractivity contribution in [2.45, 2.75) is 18.5 Å². The first-order valence-corrected chi connectivity index (χ1v) is 5.48. The van der Waals surface area contributed by atoms with Crippen LogP contribution < -0.4 is 16.2 Å². The van der Waals surface area contributed by atoms with Gasteiger partial charge in [0.1, 0.15) is 0 Å². The van der Waals surface area contributed by atoms with Gasteiger partial charge >= 0.3 is 0 Å². The minimum absolute atomic E-state index is 0.0778. The number of rotatable bonds is 0. The van der Waals surface area contributed by atoms with E-state index in [-0.39, 0.29) is 17.9 Å². The third-order valence-electron chi connectivity index (χ3n) is 3.58. The summed E-state index contributed by atoms with van der Waals surface area (Å²) in [4.78, 5) is 11.5. The Labute approximate surface area is 88.8 Å². The Bertz CT molecular complexity index is 337. The lowest BCUT2D eigenvalue weighted by Crippen LogP contribution is -2.55. The number of piperidine rings is 1. The molecule has 1 aliphatic carbocycles. The van der Waals surface area contributed by atoms with Gasteiger partial charge in [0.15, 0.2) is 0 Å². The minimum Gasteiger partial charge on any atom is -0.312 e. The molecule has 2 saturated heterocycles. The van der Waals surface area contributed by atoms with Crippen LogP contribution >= 0.6 is 0 Å². The molecule has 0 aromatic carbocycles. The predicted octanol–water partition coefficient (Wildman–Crippen LogP) is -0.290. The van der Waals surface area contributed by atoms with Crippen LogP contribution in [0.4, 0.5) is 0 Å². The molecule has 0 aromatic rings. The molecule has 0 saturated carbocycles. The van der Waals surface area contributed by atoms with Crippen molar-refractivity contribution in [3.63, 3.8) is 0 Å². The molecule has 4 atom stereocenters. The molecule has 0 bridgehead atoms. The van der Waals surface area contributed by atoms with Gasteiger partial charge in [-0.25, -0.2) is 5.43 Å². The lowest BCUT2D eigenvalue weighted by atomic mass is 9.80. The minimum atomic E-state index is 0.0778. The maximum Gasteiger partial charge on any atom is 0.240 e. The van der Waals surface area contributed by atoms with Gasteiger partial charge in [0.05, 0.1) is 5.92 Å². The zero-order valence-corrected chi connectivity index (χ0v) is 8.44. The molecule has 0 radical (unpaired) electrons. The molecule has 80 valence electrons. The molecule has 2 fully saturated rings. The van der Waals surface area contributed by atoms with Crippen molar-refractivity contribution in [3.8, 4) is 0 Å². The summed E-state index contributed by atoms with van der Waals surface area (Å²) < 4.78 is 0. The van der Waals surface area contributed by atoms with Crippen molar-refractivity contribution < 1.29 is 4.79 Å². The summed E-state index contributed by atoms with van der Waals surface area (Å²) in [5.41, 5.74) is 5.85. The van der Waals surface area contributed by atoms with Gasteiger partial charge in [-0.2, -0.15) is 0 Å². The zero-order chi connectivity index (χ0) is 10.3. The number of fused-ring (bicyclic) bond motifs is 3. The van der Waals surface area contributed by atoms with Crippen LogP contribution in [0.1, 0.15) is 6.42 Å². The molecular formula is C11H15N3O. The van der Waals surface area contributed by atoms with Crippen LogP contribution in [0, 0.1) is 11.8 Å². The fraction of sp³-hybridized carbons (Fsp3) is 0.545. The van der Waals surface area contributed by atoms with Gasteiger partial charge < -0.3 is 5.32 Å². The standard InChI is InChI=1S/C11H15N3O/c15-11-8-6-12-9-5-3-1-2-4-7(9)10(8)13-14-11/h1-4,7-10,12-13H,5-6H2,(H,14,15). The number of carbonyl (C=O) groups excluding carboxylic acids is 1. The van der Waals surface area contributed by atoms with Crippen LogP contribution in [-0.4, -0.2) is 24.5 Å². The fourth-order valence-corrected chi connectivity index (χ4v) is 2.75. The van der Waals surface area contributed by atoms with Crippen molar-refractivity contribution in [2.24, 2.45) is 11.8 Å². The molecule has 2 heterocycles. The highest BCUT2D eigenvalue weighted by molar-refractivity contribution is 5.81. The van der Waals surface area contributed by atoms with Crippen molar-refractivity contribution in [2.75, 3.05) is 6.54 Å². The Kier molecular flexibility index (Phi) is 2.11. The molecule has 0 aromatic heterocycles. The van der Waals surface area contributed by atoms with E-state index in [0.29, 0.717) is 12.0 Å². The Morgan fingerprint density at radius 2 is 2.27 bits per heavy atom. The second kappa shape index (κ2) is 3.47. The van der Waals surface area contributed by atoms with E-state index >= 15 is 0 Å². The van der Waals surface area contributed by atoms with Crippen LogP contribution in [0.15, 0.2) is 24.3 Å². The van der Waals surface area contributed by atoms with E-state index in [1.165, 1.54) is 0 Å². The highest BCUT2D eigenvalue weighted by Crippen LogP contribution is 2.28. The molecule has 4 nitrogen and oxygen atoms in total. The summed E-state index contributed by atoms with van der Waals surface area (Å²) in [5, 5.41) is 3.46. The Balaban J connectivity index is 1.87. The average molecular weight is 205 g/mol. The highest BCUT2D eigenvalue weighted by Gasteiger charge is 2.44. The maximum atomic E-state index is 11.5. The van der Waals surface area contributed by atoms with Gasteiger partial charge in [-0.3, -0.25) is 10.2 Å². The van der Waals surface area contributed by atoms with E-state index in [1.54, 1.807) is 0 Å². The lowest BCUT2D eigenvalue weighted by Gasteiger charge is -2.36. The number of hydrogen-bond donors (Lipinski definition) is 3. The molecule has 3 rings (SSSR count). The van der Waals surface area contributed by atoms with E-state index < -0.39 is 0 Å².